The quantitative estimate of drug-likeness (QED) is 0.772. The minimum absolute atomic E-state index is 0.502. The first-order valence-corrected chi connectivity index (χ1v) is 5.86. The summed E-state index contributed by atoms with van der Waals surface area (Å²) >= 11 is 0. The van der Waals surface area contributed by atoms with E-state index in [1.165, 1.54) is 0 Å². The number of aryl methyl sites for hydroxylation is 1. The number of anilines is 1. The highest BCUT2D eigenvalue weighted by atomic mass is 16.5. The Labute approximate surface area is 109 Å². The van der Waals surface area contributed by atoms with Gasteiger partial charge in [0.15, 0.2) is 0 Å². The summed E-state index contributed by atoms with van der Waals surface area (Å²) in [4.78, 5) is 8.26. The fourth-order valence-electron chi connectivity index (χ4n) is 1.91. The number of pyridine rings is 1. The van der Waals surface area contributed by atoms with Gasteiger partial charge in [0.1, 0.15) is 17.3 Å². The fraction of sp³-hybridized carbons (Fsp3) is 0.154. The first-order chi connectivity index (χ1) is 9.22. The largest absolute Gasteiger partial charge is 0.384 e. The molecule has 0 aliphatic rings. The van der Waals surface area contributed by atoms with E-state index in [0.29, 0.717) is 12.4 Å². The summed E-state index contributed by atoms with van der Waals surface area (Å²) in [6, 6.07) is 5.60. The monoisotopic (exact) mass is 255 g/mol. The van der Waals surface area contributed by atoms with Gasteiger partial charge in [-0.05, 0) is 19.1 Å². The molecule has 3 rings (SSSR count). The van der Waals surface area contributed by atoms with Crippen LogP contribution in [0.3, 0.4) is 0 Å². The summed E-state index contributed by atoms with van der Waals surface area (Å²) in [6.45, 7) is 2.48. The van der Waals surface area contributed by atoms with Crippen LogP contribution in [-0.4, -0.2) is 19.7 Å². The Hall–Kier alpha value is -2.63. The van der Waals surface area contributed by atoms with Crippen molar-refractivity contribution in [1.82, 2.24) is 19.7 Å². The number of rotatable bonds is 3. The summed E-state index contributed by atoms with van der Waals surface area (Å²) in [7, 11) is 0. The zero-order valence-electron chi connectivity index (χ0n) is 10.4. The minimum atomic E-state index is 0.502. The second-order valence-electron chi connectivity index (χ2n) is 4.31. The predicted octanol–water partition coefficient (Wildman–Crippen LogP) is 1.87. The molecule has 0 spiro atoms. The first-order valence-electron chi connectivity index (χ1n) is 5.86. The van der Waals surface area contributed by atoms with Gasteiger partial charge >= 0.3 is 0 Å². The third kappa shape index (κ3) is 2.33. The molecule has 0 aliphatic heterocycles. The van der Waals surface area contributed by atoms with Crippen molar-refractivity contribution in [2.24, 2.45) is 0 Å². The van der Waals surface area contributed by atoms with Crippen LogP contribution < -0.4 is 5.73 Å². The highest BCUT2D eigenvalue weighted by Gasteiger charge is 2.08. The molecule has 0 aromatic carbocycles. The van der Waals surface area contributed by atoms with Gasteiger partial charge < -0.3 is 14.8 Å². The van der Waals surface area contributed by atoms with Gasteiger partial charge in [-0.2, -0.15) is 0 Å². The van der Waals surface area contributed by atoms with Crippen molar-refractivity contribution in [3.8, 4) is 11.3 Å². The van der Waals surface area contributed by atoms with E-state index in [1.807, 2.05) is 23.6 Å². The first kappa shape index (κ1) is 11.5. The lowest BCUT2D eigenvalue weighted by molar-refractivity contribution is 0.389. The molecule has 0 bridgehead atoms. The Kier molecular flexibility index (Phi) is 2.75. The molecular weight excluding hydrogens is 242 g/mol. The fourth-order valence-corrected chi connectivity index (χ4v) is 1.91. The molecule has 0 saturated carbocycles. The zero-order valence-corrected chi connectivity index (χ0v) is 10.4. The second-order valence-corrected chi connectivity index (χ2v) is 4.31. The topological polar surface area (TPSA) is 82.8 Å². The van der Waals surface area contributed by atoms with Crippen molar-refractivity contribution in [3.63, 3.8) is 0 Å². The van der Waals surface area contributed by atoms with E-state index in [2.05, 4.69) is 15.1 Å². The normalized spacial score (nSPS) is 10.8. The van der Waals surface area contributed by atoms with Crippen LogP contribution in [0, 0.1) is 6.92 Å². The Morgan fingerprint density at radius 1 is 1.32 bits per heavy atom. The van der Waals surface area contributed by atoms with Crippen LogP contribution in [-0.2, 0) is 6.54 Å². The average Bonchev–Trinajstić information content (AvgIpc) is 3.00. The summed E-state index contributed by atoms with van der Waals surface area (Å²) < 4.78 is 7.05. The molecule has 6 nitrogen and oxygen atoms in total. The lowest BCUT2D eigenvalue weighted by Gasteiger charge is -2.06. The van der Waals surface area contributed by atoms with Crippen molar-refractivity contribution in [1.29, 1.82) is 0 Å². The average molecular weight is 255 g/mol. The van der Waals surface area contributed by atoms with Crippen molar-refractivity contribution >= 4 is 5.82 Å². The maximum atomic E-state index is 5.59. The number of nitrogens with zero attached hydrogens (tertiary/aromatic N) is 4. The molecule has 6 heteroatoms. The molecule has 0 atom stereocenters. The van der Waals surface area contributed by atoms with Crippen molar-refractivity contribution in [2.45, 2.75) is 13.5 Å². The van der Waals surface area contributed by atoms with Gasteiger partial charge in [0.2, 0.25) is 0 Å². The smallest absolute Gasteiger partial charge is 0.133 e. The van der Waals surface area contributed by atoms with Gasteiger partial charge in [0.05, 0.1) is 24.8 Å². The molecule has 2 N–H and O–H groups in total. The van der Waals surface area contributed by atoms with Crippen LogP contribution in [0.25, 0.3) is 11.3 Å². The van der Waals surface area contributed by atoms with Gasteiger partial charge in [-0.1, -0.05) is 5.16 Å². The summed E-state index contributed by atoms with van der Waals surface area (Å²) in [5, 5.41) is 3.98. The summed E-state index contributed by atoms with van der Waals surface area (Å²) in [6.07, 6.45) is 5.28. The minimum Gasteiger partial charge on any atom is -0.384 e. The SMILES string of the molecule is Cc1cc(Cn2cncc2-c2ccc(N)nc2)no1. The molecule has 0 aliphatic carbocycles. The van der Waals surface area contributed by atoms with E-state index in [0.717, 1.165) is 22.7 Å². The van der Waals surface area contributed by atoms with Crippen LogP contribution >= 0.6 is 0 Å². The molecule has 19 heavy (non-hydrogen) atoms. The van der Waals surface area contributed by atoms with E-state index < -0.39 is 0 Å². The third-order valence-corrected chi connectivity index (χ3v) is 2.80. The number of aromatic nitrogens is 4. The molecule has 0 amide bonds. The Morgan fingerprint density at radius 2 is 2.21 bits per heavy atom. The van der Waals surface area contributed by atoms with E-state index in [1.54, 1.807) is 24.8 Å². The van der Waals surface area contributed by atoms with E-state index in [4.69, 9.17) is 10.3 Å². The number of nitrogens with two attached hydrogens (primary N) is 1. The van der Waals surface area contributed by atoms with Crippen LogP contribution in [0.15, 0.2) is 41.4 Å². The molecule has 0 saturated heterocycles. The molecule has 0 radical (unpaired) electrons. The molecule has 96 valence electrons. The molecule has 0 unspecified atom stereocenters. The standard InChI is InChI=1S/C13H13N5O/c1-9-4-11(17-19-9)7-18-8-15-6-12(18)10-2-3-13(14)16-5-10/h2-6,8H,7H2,1H3,(H2,14,16). The highest BCUT2D eigenvalue weighted by Crippen LogP contribution is 2.19. The van der Waals surface area contributed by atoms with Gasteiger partial charge in [0.25, 0.3) is 0 Å². The maximum absolute atomic E-state index is 5.59. The van der Waals surface area contributed by atoms with Gasteiger partial charge in [-0.25, -0.2) is 9.97 Å². The summed E-state index contributed by atoms with van der Waals surface area (Å²) in [5.74, 6) is 1.30. The molecule has 3 aromatic heterocycles. The van der Waals surface area contributed by atoms with E-state index >= 15 is 0 Å². The van der Waals surface area contributed by atoms with Crippen molar-refractivity contribution < 1.29 is 4.52 Å². The molecule has 3 aromatic rings. The van der Waals surface area contributed by atoms with E-state index in [9.17, 15) is 0 Å². The second kappa shape index (κ2) is 4.56. The van der Waals surface area contributed by atoms with E-state index in [-0.39, 0.29) is 0 Å². The van der Waals surface area contributed by atoms with Crippen molar-refractivity contribution in [3.05, 3.63) is 48.4 Å². The van der Waals surface area contributed by atoms with Gasteiger partial charge in [-0.15, -0.1) is 0 Å². The third-order valence-electron chi connectivity index (χ3n) is 2.80. The molecule has 0 fully saturated rings. The number of hydrogen-bond donors (Lipinski definition) is 1. The Morgan fingerprint density at radius 3 is 2.89 bits per heavy atom. The lowest BCUT2D eigenvalue weighted by Crippen LogP contribution is -2.01. The predicted molar refractivity (Wildman–Crippen MR) is 70.2 cm³/mol. The zero-order chi connectivity index (χ0) is 13.2. The van der Waals surface area contributed by atoms with Crippen LogP contribution in [0.5, 0.6) is 0 Å². The number of hydrogen-bond acceptors (Lipinski definition) is 5. The van der Waals surface area contributed by atoms with Gasteiger partial charge in [-0.3, -0.25) is 0 Å². The van der Waals surface area contributed by atoms with Gasteiger partial charge in [0, 0.05) is 17.8 Å². The number of nitrogen functional groups attached to an aromatic ring is 1. The van der Waals surface area contributed by atoms with Crippen LogP contribution in [0.1, 0.15) is 11.5 Å². The highest BCUT2D eigenvalue weighted by molar-refractivity contribution is 5.59. The molecular formula is C13H13N5O. The Balaban J connectivity index is 1.92. The molecule has 3 heterocycles. The van der Waals surface area contributed by atoms with Crippen LogP contribution in [0.4, 0.5) is 5.82 Å². The number of imidazole rings is 1. The van der Waals surface area contributed by atoms with Crippen molar-refractivity contribution in [2.75, 3.05) is 5.73 Å². The maximum Gasteiger partial charge on any atom is 0.133 e. The lowest BCUT2D eigenvalue weighted by atomic mass is 10.2. The Bertz CT molecular complexity index is 683. The summed E-state index contributed by atoms with van der Waals surface area (Å²) in [5.41, 5.74) is 8.38. The van der Waals surface area contributed by atoms with Crippen LogP contribution in [0.2, 0.25) is 0 Å².